The summed E-state index contributed by atoms with van der Waals surface area (Å²) in [7, 11) is 0. The Morgan fingerprint density at radius 2 is 1.62 bits per heavy atom. The summed E-state index contributed by atoms with van der Waals surface area (Å²) in [5.74, 6) is 0. The molecule has 1 heterocycles. The number of benzene rings is 3. The number of allylic oxidation sites excluding steroid dienone is 4. The van der Waals surface area contributed by atoms with Gasteiger partial charge >= 0.3 is 0 Å². The molecule has 3 aromatic carbocycles. The lowest BCUT2D eigenvalue weighted by Crippen LogP contribution is -2.15. The van der Waals surface area contributed by atoms with Crippen LogP contribution >= 0.6 is 0 Å². The van der Waals surface area contributed by atoms with Gasteiger partial charge in [-0.3, -0.25) is 0 Å². The van der Waals surface area contributed by atoms with Gasteiger partial charge in [0.2, 0.25) is 0 Å². The summed E-state index contributed by atoms with van der Waals surface area (Å²) in [6, 6.07) is 23.1. The van der Waals surface area contributed by atoms with Crippen molar-refractivity contribution in [3.05, 3.63) is 95.6 Å². The van der Waals surface area contributed by atoms with Gasteiger partial charge in [-0.2, -0.15) is 0 Å². The summed E-state index contributed by atoms with van der Waals surface area (Å²) in [5.41, 5.74) is 9.74. The molecule has 2 aliphatic rings. The second kappa shape index (κ2) is 5.73. The maximum Gasteiger partial charge on any atom is 0.0562 e. The molecule has 0 bridgehead atoms. The normalized spacial score (nSPS) is 19.4. The van der Waals surface area contributed by atoms with Crippen LogP contribution in [0, 0.1) is 0 Å². The monoisotopic (exact) mass is 375 g/mol. The molecule has 0 amide bonds. The average molecular weight is 376 g/mol. The summed E-state index contributed by atoms with van der Waals surface area (Å²) < 4.78 is 2.57. The van der Waals surface area contributed by atoms with Crippen molar-refractivity contribution in [1.29, 1.82) is 0 Å². The summed E-state index contributed by atoms with van der Waals surface area (Å²) in [4.78, 5) is 0. The van der Waals surface area contributed by atoms with E-state index in [0.717, 1.165) is 6.42 Å². The fourth-order valence-corrected chi connectivity index (χ4v) is 5.55. The van der Waals surface area contributed by atoms with Gasteiger partial charge in [0.25, 0.3) is 0 Å². The second-order valence-electron chi connectivity index (χ2n) is 9.09. The van der Waals surface area contributed by atoms with E-state index in [2.05, 4.69) is 104 Å². The highest BCUT2D eigenvalue weighted by atomic mass is 15.0. The molecule has 1 aromatic heterocycles. The van der Waals surface area contributed by atoms with Gasteiger partial charge < -0.3 is 4.57 Å². The molecule has 142 valence electrons. The largest absolute Gasteiger partial charge is 0.333 e. The first-order valence-corrected chi connectivity index (χ1v) is 10.6. The van der Waals surface area contributed by atoms with Crippen molar-refractivity contribution in [3.63, 3.8) is 0 Å². The van der Waals surface area contributed by atoms with Crippen molar-refractivity contribution in [1.82, 2.24) is 4.57 Å². The second-order valence-corrected chi connectivity index (χ2v) is 9.09. The molecule has 4 aromatic rings. The predicted molar refractivity (Wildman–Crippen MR) is 124 cm³/mol. The Bertz CT molecular complexity index is 1360. The molecule has 2 aliphatic carbocycles. The first-order chi connectivity index (χ1) is 14.1. The van der Waals surface area contributed by atoms with Gasteiger partial charge in [0.15, 0.2) is 0 Å². The van der Waals surface area contributed by atoms with Crippen LogP contribution in [-0.2, 0) is 5.41 Å². The van der Waals surface area contributed by atoms with E-state index in [0.29, 0.717) is 6.04 Å². The number of rotatable bonds is 1. The molecule has 0 fully saturated rings. The number of nitrogens with zero attached hydrogens (tertiary/aromatic N) is 1. The third-order valence-electron chi connectivity index (χ3n) is 6.96. The SMILES string of the molecule is CC1=CC(n2c3ccccc3c3cc4c(cc32)C(C)(C)c2ccccc2-4)CC=C1. The summed E-state index contributed by atoms with van der Waals surface area (Å²) in [6.45, 7) is 6.93. The third kappa shape index (κ3) is 2.22. The van der Waals surface area contributed by atoms with Crippen LogP contribution in [0.2, 0.25) is 0 Å². The third-order valence-corrected chi connectivity index (χ3v) is 6.96. The molecule has 1 heteroatoms. The maximum atomic E-state index is 2.57. The van der Waals surface area contributed by atoms with Crippen molar-refractivity contribution in [2.24, 2.45) is 0 Å². The molecule has 0 N–H and O–H groups in total. The first kappa shape index (κ1) is 16.9. The minimum atomic E-state index is 0.0274. The Hall–Kier alpha value is -3.06. The Morgan fingerprint density at radius 1 is 0.828 bits per heavy atom. The van der Waals surface area contributed by atoms with Gasteiger partial charge in [-0.25, -0.2) is 0 Å². The standard InChI is InChI=1S/C28H25N/c1-18-9-8-10-19(15-18)29-26-14-7-5-12-21(26)23-16-22-20-11-4-6-13-24(20)28(2,3)25(22)17-27(23)29/h4-9,11-17,19H,10H2,1-3H3. The van der Waals surface area contributed by atoms with E-state index in [1.165, 1.54) is 49.6 Å². The number of aromatic nitrogens is 1. The molecule has 29 heavy (non-hydrogen) atoms. The molecular formula is C28H25N. The Morgan fingerprint density at radius 3 is 2.48 bits per heavy atom. The number of hydrogen-bond donors (Lipinski definition) is 0. The van der Waals surface area contributed by atoms with Crippen LogP contribution < -0.4 is 0 Å². The summed E-state index contributed by atoms with van der Waals surface area (Å²) >= 11 is 0. The van der Waals surface area contributed by atoms with Crippen LogP contribution in [0.25, 0.3) is 32.9 Å². The average Bonchev–Trinajstić information content (AvgIpc) is 3.17. The van der Waals surface area contributed by atoms with E-state index < -0.39 is 0 Å². The molecule has 0 saturated heterocycles. The van der Waals surface area contributed by atoms with Crippen LogP contribution in [0.3, 0.4) is 0 Å². The molecule has 1 nitrogen and oxygen atoms in total. The molecule has 0 radical (unpaired) electrons. The van der Waals surface area contributed by atoms with Crippen LogP contribution in [0.1, 0.15) is 44.4 Å². The Kier molecular flexibility index (Phi) is 3.33. The maximum absolute atomic E-state index is 2.57. The topological polar surface area (TPSA) is 4.93 Å². The van der Waals surface area contributed by atoms with Crippen molar-refractivity contribution in [3.8, 4) is 11.1 Å². The minimum Gasteiger partial charge on any atom is -0.333 e. The van der Waals surface area contributed by atoms with E-state index >= 15 is 0 Å². The summed E-state index contributed by atoms with van der Waals surface area (Å²) in [6.07, 6.45) is 8.01. The predicted octanol–water partition coefficient (Wildman–Crippen LogP) is 7.55. The van der Waals surface area contributed by atoms with Crippen LogP contribution in [0.4, 0.5) is 0 Å². The van der Waals surface area contributed by atoms with Crippen LogP contribution in [-0.4, -0.2) is 4.57 Å². The van der Waals surface area contributed by atoms with Gasteiger partial charge in [-0.15, -0.1) is 0 Å². The van der Waals surface area contributed by atoms with Gasteiger partial charge in [0.1, 0.15) is 0 Å². The van der Waals surface area contributed by atoms with Gasteiger partial charge in [0, 0.05) is 21.7 Å². The number of fused-ring (bicyclic) bond motifs is 6. The highest BCUT2D eigenvalue weighted by molar-refractivity contribution is 6.10. The number of para-hydroxylation sites is 1. The van der Waals surface area contributed by atoms with Crippen molar-refractivity contribution in [2.45, 2.75) is 38.6 Å². The van der Waals surface area contributed by atoms with E-state index in [1.54, 1.807) is 0 Å². The first-order valence-electron chi connectivity index (χ1n) is 10.6. The van der Waals surface area contributed by atoms with Crippen molar-refractivity contribution >= 4 is 21.8 Å². The van der Waals surface area contributed by atoms with Gasteiger partial charge in [-0.1, -0.05) is 80.1 Å². The van der Waals surface area contributed by atoms with Crippen LogP contribution in [0.5, 0.6) is 0 Å². The zero-order chi connectivity index (χ0) is 19.8. The number of hydrogen-bond acceptors (Lipinski definition) is 0. The molecule has 1 unspecified atom stereocenters. The molecular weight excluding hydrogens is 350 g/mol. The van der Waals surface area contributed by atoms with Crippen molar-refractivity contribution in [2.75, 3.05) is 0 Å². The highest BCUT2D eigenvalue weighted by Crippen LogP contribution is 2.51. The van der Waals surface area contributed by atoms with Crippen LogP contribution in [0.15, 0.2) is 84.5 Å². The van der Waals surface area contributed by atoms with Gasteiger partial charge in [0.05, 0.1) is 11.6 Å². The Balaban J connectivity index is 1.73. The fourth-order valence-electron chi connectivity index (χ4n) is 5.55. The summed E-state index contributed by atoms with van der Waals surface area (Å²) in [5, 5.41) is 2.72. The van der Waals surface area contributed by atoms with Crippen molar-refractivity contribution < 1.29 is 0 Å². The zero-order valence-electron chi connectivity index (χ0n) is 17.2. The zero-order valence-corrected chi connectivity index (χ0v) is 17.2. The lowest BCUT2D eigenvalue weighted by Gasteiger charge is -2.23. The van der Waals surface area contributed by atoms with E-state index in [-0.39, 0.29) is 5.41 Å². The smallest absolute Gasteiger partial charge is 0.0562 e. The lowest BCUT2D eigenvalue weighted by molar-refractivity contribution is 0.639. The van der Waals surface area contributed by atoms with E-state index in [1.807, 2.05) is 0 Å². The molecule has 6 rings (SSSR count). The fraction of sp³-hybridized carbons (Fsp3) is 0.214. The molecule has 0 saturated carbocycles. The van der Waals surface area contributed by atoms with E-state index in [4.69, 9.17) is 0 Å². The lowest BCUT2D eigenvalue weighted by atomic mass is 9.82. The van der Waals surface area contributed by atoms with Gasteiger partial charge in [-0.05, 0) is 53.8 Å². The Labute approximate surface area is 172 Å². The highest BCUT2D eigenvalue weighted by Gasteiger charge is 2.36. The molecule has 0 aliphatic heterocycles. The van der Waals surface area contributed by atoms with E-state index in [9.17, 15) is 0 Å². The molecule has 1 atom stereocenters. The molecule has 0 spiro atoms. The minimum absolute atomic E-state index is 0.0274. The quantitative estimate of drug-likeness (QED) is 0.324.